The Bertz CT molecular complexity index is 372. The molecule has 1 N–H and O–H groups in total. The molecule has 2 rings (SSSR count). The quantitative estimate of drug-likeness (QED) is 0.630. The Labute approximate surface area is 82.3 Å². The fourth-order valence-corrected chi connectivity index (χ4v) is 1.07. The lowest BCUT2D eigenvalue weighted by molar-refractivity contribution is 0.330. The molecule has 0 amide bonds. The maximum Gasteiger partial charge on any atom is 0.0841 e. The van der Waals surface area contributed by atoms with Crippen LogP contribution in [0.5, 0.6) is 0 Å². The fourth-order valence-electron chi connectivity index (χ4n) is 1.07. The summed E-state index contributed by atoms with van der Waals surface area (Å²) in [6.45, 7) is 0. The number of allylic oxidation sites excluding steroid dienone is 7. The lowest BCUT2D eigenvalue weighted by atomic mass is 10.3. The third-order valence-corrected chi connectivity index (χ3v) is 1.74. The lowest BCUT2D eigenvalue weighted by Gasteiger charge is -2.20. The van der Waals surface area contributed by atoms with Crippen LogP contribution in [0.15, 0.2) is 71.0 Å². The summed E-state index contributed by atoms with van der Waals surface area (Å²) in [6.07, 6.45) is 17.2. The zero-order chi connectivity index (χ0) is 9.64. The summed E-state index contributed by atoms with van der Waals surface area (Å²) in [7, 11) is 0. The van der Waals surface area contributed by atoms with Crippen molar-refractivity contribution in [2.45, 2.75) is 0 Å². The van der Waals surface area contributed by atoms with Crippen LogP contribution in [-0.2, 0) is 0 Å². The van der Waals surface area contributed by atoms with Gasteiger partial charge in [0.2, 0.25) is 0 Å². The zero-order valence-corrected chi connectivity index (χ0v) is 7.54. The summed E-state index contributed by atoms with van der Waals surface area (Å²) < 4.78 is 0. The van der Waals surface area contributed by atoms with Gasteiger partial charge >= 0.3 is 0 Å². The average Bonchev–Trinajstić information content (AvgIpc) is 2.25. The van der Waals surface area contributed by atoms with Crippen molar-refractivity contribution in [3.63, 3.8) is 0 Å². The zero-order valence-electron chi connectivity index (χ0n) is 7.54. The first-order chi connectivity index (χ1) is 6.97. The molecule has 0 fully saturated rings. The van der Waals surface area contributed by atoms with Crippen molar-refractivity contribution in [3.8, 4) is 0 Å². The predicted octanol–water partition coefficient (Wildman–Crippen LogP) is 2.21. The molecule has 14 heavy (non-hydrogen) atoms. The summed E-state index contributed by atoms with van der Waals surface area (Å²) in [5.74, 6) is 0. The highest BCUT2D eigenvalue weighted by Crippen LogP contribution is 2.09. The van der Waals surface area contributed by atoms with Crippen molar-refractivity contribution in [3.05, 3.63) is 60.6 Å². The lowest BCUT2D eigenvalue weighted by Crippen LogP contribution is -2.29. The fraction of sp³-hybridized carbons (Fsp3) is 0. The molecule has 0 radical (unpaired) electrons. The van der Waals surface area contributed by atoms with Crippen LogP contribution in [0.2, 0.25) is 0 Å². The maximum atomic E-state index is 3.77. The Hall–Kier alpha value is -2.10. The molecule has 0 aromatic rings. The van der Waals surface area contributed by atoms with Crippen LogP contribution < -0.4 is 5.53 Å². The Kier molecular flexibility index (Phi) is 2.56. The molecule has 4 heteroatoms. The summed E-state index contributed by atoms with van der Waals surface area (Å²) in [6, 6.07) is 0. The second-order valence-corrected chi connectivity index (χ2v) is 2.71. The van der Waals surface area contributed by atoms with Crippen LogP contribution in [0.3, 0.4) is 0 Å². The van der Waals surface area contributed by atoms with Gasteiger partial charge in [0.05, 0.1) is 11.9 Å². The highest BCUT2D eigenvalue weighted by Gasteiger charge is 2.04. The first kappa shape index (κ1) is 8.50. The van der Waals surface area contributed by atoms with E-state index in [4.69, 9.17) is 0 Å². The Balaban J connectivity index is 2.28. The predicted molar refractivity (Wildman–Crippen MR) is 54.5 cm³/mol. The first-order valence-electron chi connectivity index (χ1n) is 4.30. The van der Waals surface area contributed by atoms with E-state index in [1.54, 1.807) is 11.2 Å². The number of nitrogens with one attached hydrogen (secondary N) is 1. The number of nitrogens with zero attached hydrogens (tertiary/aromatic N) is 3. The molecular formula is C10H10N4. The molecular weight excluding hydrogens is 176 g/mol. The molecule has 4 nitrogen and oxygen atoms in total. The molecule has 0 saturated carbocycles. The monoisotopic (exact) mass is 186 g/mol. The average molecular weight is 186 g/mol. The van der Waals surface area contributed by atoms with Crippen LogP contribution >= 0.6 is 0 Å². The second-order valence-electron chi connectivity index (χ2n) is 2.71. The maximum absolute atomic E-state index is 3.77. The van der Waals surface area contributed by atoms with Crippen LogP contribution in [-0.4, -0.2) is 5.01 Å². The van der Waals surface area contributed by atoms with E-state index in [1.165, 1.54) is 0 Å². The molecule has 0 unspecified atom stereocenters. The molecule has 0 aromatic heterocycles. The summed E-state index contributed by atoms with van der Waals surface area (Å²) in [4.78, 5) is 0. The Morgan fingerprint density at radius 1 is 1.00 bits per heavy atom. The molecule has 0 saturated heterocycles. The minimum Gasteiger partial charge on any atom is -0.245 e. The van der Waals surface area contributed by atoms with Gasteiger partial charge in [0.15, 0.2) is 0 Å². The number of rotatable bonds is 0. The van der Waals surface area contributed by atoms with Crippen LogP contribution in [0, 0.1) is 0 Å². The molecule has 0 aliphatic carbocycles. The number of hydrazine groups is 1. The standard InChI is InChI=1S/C10H10N4/c1-2-4-6-8-14-10(7-5-3-1)9-11-12-13-14/h1-9H,(H,11,13)/b3-1-,4-2+,7-5+,8-6-. The molecule has 70 valence electrons. The van der Waals surface area contributed by atoms with E-state index in [1.807, 2.05) is 48.7 Å². The number of fused-ring (bicyclic) bond motifs is 1. The highest BCUT2D eigenvalue weighted by atomic mass is 15.7. The molecule has 0 atom stereocenters. The van der Waals surface area contributed by atoms with Crippen molar-refractivity contribution < 1.29 is 0 Å². The van der Waals surface area contributed by atoms with E-state index in [0.717, 1.165) is 5.70 Å². The van der Waals surface area contributed by atoms with Gasteiger partial charge in [0.1, 0.15) is 0 Å². The van der Waals surface area contributed by atoms with Crippen molar-refractivity contribution in [2.75, 3.05) is 0 Å². The van der Waals surface area contributed by atoms with E-state index in [2.05, 4.69) is 15.9 Å². The molecule has 0 spiro atoms. The van der Waals surface area contributed by atoms with Gasteiger partial charge in [-0.1, -0.05) is 35.6 Å². The van der Waals surface area contributed by atoms with Gasteiger partial charge in [-0.25, -0.2) is 5.01 Å². The van der Waals surface area contributed by atoms with E-state index in [0.29, 0.717) is 0 Å². The summed E-state index contributed by atoms with van der Waals surface area (Å²) >= 11 is 0. The van der Waals surface area contributed by atoms with Gasteiger partial charge < -0.3 is 0 Å². The smallest absolute Gasteiger partial charge is 0.0841 e. The summed E-state index contributed by atoms with van der Waals surface area (Å²) in [5, 5.41) is 9.24. The van der Waals surface area contributed by atoms with Gasteiger partial charge in [-0.3, -0.25) is 0 Å². The van der Waals surface area contributed by atoms with E-state index < -0.39 is 0 Å². The molecule has 0 aromatic carbocycles. The van der Waals surface area contributed by atoms with Gasteiger partial charge in [0.25, 0.3) is 0 Å². The third kappa shape index (κ3) is 1.98. The minimum atomic E-state index is 0.941. The Morgan fingerprint density at radius 2 is 1.79 bits per heavy atom. The van der Waals surface area contributed by atoms with Crippen LogP contribution in [0.1, 0.15) is 0 Å². The first-order valence-corrected chi connectivity index (χ1v) is 4.30. The van der Waals surface area contributed by atoms with Crippen LogP contribution in [0.25, 0.3) is 0 Å². The molecule has 0 bridgehead atoms. The van der Waals surface area contributed by atoms with E-state index in [-0.39, 0.29) is 0 Å². The van der Waals surface area contributed by atoms with Gasteiger partial charge in [-0.2, -0.15) is 5.53 Å². The molecule has 2 heterocycles. The minimum absolute atomic E-state index is 0.941. The topological polar surface area (TPSA) is 40.0 Å². The largest absolute Gasteiger partial charge is 0.245 e. The number of hydrogen-bond donors (Lipinski definition) is 1. The van der Waals surface area contributed by atoms with Crippen molar-refractivity contribution in [1.29, 1.82) is 0 Å². The van der Waals surface area contributed by atoms with Gasteiger partial charge in [0, 0.05) is 6.20 Å². The van der Waals surface area contributed by atoms with Crippen molar-refractivity contribution in [2.24, 2.45) is 10.3 Å². The second kappa shape index (κ2) is 4.23. The van der Waals surface area contributed by atoms with Crippen LogP contribution in [0.4, 0.5) is 0 Å². The summed E-state index contributed by atoms with van der Waals surface area (Å²) in [5.41, 5.74) is 3.71. The van der Waals surface area contributed by atoms with E-state index >= 15 is 0 Å². The Morgan fingerprint density at radius 3 is 2.71 bits per heavy atom. The van der Waals surface area contributed by atoms with Gasteiger partial charge in [-0.05, 0) is 12.2 Å². The van der Waals surface area contributed by atoms with Crippen molar-refractivity contribution >= 4 is 0 Å². The molecule has 2 aliphatic heterocycles. The van der Waals surface area contributed by atoms with E-state index in [9.17, 15) is 0 Å². The van der Waals surface area contributed by atoms with Gasteiger partial charge in [-0.15, -0.1) is 5.11 Å². The normalized spacial score (nSPS) is 28.0. The number of hydrogen-bond acceptors (Lipinski definition) is 4. The SMILES string of the molecule is C1=C2/C=C/C=C\C=C\C=C/N2NN=N1. The van der Waals surface area contributed by atoms with Crippen molar-refractivity contribution in [1.82, 2.24) is 10.5 Å². The molecule has 2 aliphatic rings. The highest BCUT2D eigenvalue weighted by molar-refractivity contribution is 5.26. The third-order valence-electron chi connectivity index (χ3n) is 1.74.